The molecule has 3 rings (SSSR count). The van der Waals surface area contributed by atoms with Crippen LogP contribution in [0.15, 0.2) is 108 Å². The van der Waals surface area contributed by atoms with Gasteiger partial charge in [0.25, 0.3) is 0 Å². The van der Waals surface area contributed by atoms with Gasteiger partial charge >= 0.3 is 5.97 Å². The van der Waals surface area contributed by atoms with Crippen molar-refractivity contribution in [2.24, 2.45) is 4.99 Å². The van der Waals surface area contributed by atoms with Gasteiger partial charge in [-0.15, -0.1) is 0 Å². The summed E-state index contributed by atoms with van der Waals surface area (Å²) in [6.07, 6.45) is 1.88. The maximum atomic E-state index is 12.6. The van der Waals surface area contributed by atoms with Crippen molar-refractivity contribution in [3.05, 3.63) is 119 Å². The first-order valence-corrected chi connectivity index (χ1v) is 9.57. The van der Waals surface area contributed by atoms with Gasteiger partial charge in [0.05, 0.1) is 12.8 Å². The number of rotatable bonds is 6. The monoisotopic (exact) mass is 383 g/mol. The van der Waals surface area contributed by atoms with E-state index in [2.05, 4.69) is 13.8 Å². The van der Waals surface area contributed by atoms with Crippen molar-refractivity contribution in [2.75, 3.05) is 7.11 Å². The fourth-order valence-corrected chi connectivity index (χ4v) is 3.14. The number of methoxy groups -OCH3 is 1. The van der Waals surface area contributed by atoms with Crippen LogP contribution in [0.25, 0.3) is 0 Å². The van der Waals surface area contributed by atoms with Crippen LogP contribution in [0.1, 0.15) is 30.5 Å². The molecule has 3 nitrogen and oxygen atoms in total. The zero-order valence-electron chi connectivity index (χ0n) is 17.0. The first-order chi connectivity index (χ1) is 14.0. The van der Waals surface area contributed by atoms with Crippen LogP contribution in [0.3, 0.4) is 0 Å². The van der Waals surface area contributed by atoms with Gasteiger partial charge in [0.2, 0.25) is 0 Å². The average Bonchev–Trinajstić information content (AvgIpc) is 2.77. The summed E-state index contributed by atoms with van der Waals surface area (Å²) in [6.45, 7) is 4.12. The van der Waals surface area contributed by atoms with E-state index in [0.29, 0.717) is 0 Å². The summed E-state index contributed by atoms with van der Waals surface area (Å²) in [5.74, 6) is -0.460. The second-order valence-electron chi connectivity index (χ2n) is 7.30. The van der Waals surface area contributed by atoms with Gasteiger partial charge in [-0.05, 0) is 11.6 Å². The van der Waals surface area contributed by atoms with E-state index in [0.717, 1.165) is 22.4 Å². The summed E-state index contributed by atoms with van der Waals surface area (Å²) >= 11 is 0. The molecule has 0 unspecified atom stereocenters. The molecule has 0 bridgehead atoms. The maximum absolute atomic E-state index is 12.6. The highest BCUT2D eigenvalue weighted by molar-refractivity contribution is 6.14. The lowest BCUT2D eigenvalue weighted by molar-refractivity contribution is -0.136. The number of hydrogen-bond donors (Lipinski definition) is 0. The summed E-state index contributed by atoms with van der Waals surface area (Å²) in [6, 6.07) is 29.8. The Morgan fingerprint density at radius 3 is 1.69 bits per heavy atom. The van der Waals surface area contributed by atoms with E-state index >= 15 is 0 Å². The van der Waals surface area contributed by atoms with Gasteiger partial charge in [-0.3, -0.25) is 0 Å². The van der Waals surface area contributed by atoms with E-state index in [1.165, 1.54) is 7.11 Å². The quantitative estimate of drug-likeness (QED) is 0.318. The Morgan fingerprint density at radius 1 is 0.793 bits per heavy atom. The van der Waals surface area contributed by atoms with Crippen molar-refractivity contribution >= 4 is 11.7 Å². The van der Waals surface area contributed by atoms with Gasteiger partial charge in [-0.25, -0.2) is 9.79 Å². The highest BCUT2D eigenvalue weighted by Gasteiger charge is 2.22. The fourth-order valence-electron chi connectivity index (χ4n) is 3.14. The summed E-state index contributed by atoms with van der Waals surface area (Å²) in [5.41, 5.74) is 3.58. The largest absolute Gasteiger partial charge is 0.464 e. The molecule has 0 heterocycles. The van der Waals surface area contributed by atoms with Crippen LogP contribution in [0, 0.1) is 0 Å². The molecule has 0 atom stereocenters. The summed E-state index contributed by atoms with van der Waals surface area (Å²) in [7, 11) is 1.38. The SMILES string of the molecule is COC(=O)/C(=C/C(C)(C)c1ccccc1)N=C(c1ccccc1)c1ccccc1. The average molecular weight is 383 g/mol. The Morgan fingerprint density at radius 2 is 1.24 bits per heavy atom. The number of carbonyl (C=O) groups is 1. The lowest BCUT2D eigenvalue weighted by atomic mass is 9.84. The second-order valence-corrected chi connectivity index (χ2v) is 7.30. The molecule has 0 aliphatic carbocycles. The predicted molar refractivity (Wildman–Crippen MR) is 118 cm³/mol. The molecule has 29 heavy (non-hydrogen) atoms. The van der Waals surface area contributed by atoms with Crippen LogP contribution >= 0.6 is 0 Å². The molecule has 146 valence electrons. The number of aliphatic imine (C=N–C) groups is 1. The van der Waals surface area contributed by atoms with Gasteiger partial charge < -0.3 is 4.74 Å². The molecule has 0 N–H and O–H groups in total. The molecular formula is C26H25NO2. The van der Waals surface area contributed by atoms with Gasteiger partial charge in [0.15, 0.2) is 0 Å². The lowest BCUT2D eigenvalue weighted by Crippen LogP contribution is -2.17. The predicted octanol–water partition coefficient (Wildman–Crippen LogP) is 5.56. The van der Waals surface area contributed by atoms with Gasteiger partial charge in [0.1, 0.15) is 5.70 Å². The van der Waals surface area contributed by atoms with Crippen LogP contribution in [0.4, 0.5) is 0 Å². The maximum Gasteiger partial charge on any atom is 0.356 e. The van der Waals surface area contributed by atoms with Crippen LogP contribution < -0.4 is 0 Å². The van der Waals surface area contributed by atoms with Crippen molar-refractivity contribution in [1.29, 1.82) is 0 Å². The summed E-state index contributed by atoms with van der Waals surface area (Å²) < 4.78 is 5.05. The first-order valence-electron chi connectivity index (χ1n) is 9.57. The van der Waals surface area contributed by atoms with Gasteiger partial charge in [0, 0.05) is 16.5 Å². The molecule has 0 saturated heterocycles. The second kappa shape index (κ2) is 9.16. The Balaban J connectivity index is 2.16. The van der Waals surface area contributed by atoms with Crippen molar-refractivity contribution in [3.8, 4) is 0 Å². The molecular weight excluding hydrogens is 358 g/mol. The van der Waals surface area contributed by atoms with Crippen molar-refractivity contribution in [3.63, 3.8) is 0 Å². The van der Waals surface area contributed by atoms with Crippen molar-refractivity contribution in [1.82, 2.24) is 0 Å². The smallest absolute Gasteiger partial charge is 0.356 e. The normalized spacial score (nSPS) is 11.6. The third-order valence-electron chi connectivity index (χ3n) is 4.74. The number of benzene rings is 3. The van der Waals surface area contributed by atoms with E-state index in [1.807, 2.05) is 97.1 Å². The van der Waals surface area contributed by atoms with Crippen LogP contribution in [-0.4, -0.2) is 18.8 Å². The molecule has 3 heteroatoms. The fraction of sp³-hybridized carbons (Fsp3) is 0.154. The number of ether oxygens (including phenoxy) is 1. The number of allylic oxidation sites excluding steroid dienone is 1. The highest BCUT2D eigenvalue weighted by atomic mass is 16.5. The molecule has 0 radical (unpaired) electrons. The van der Waals surface area contributed by atoms with E-state index in [-0.39, 0.29) is 5.70 Å². The summed E-state index contributed by atoms with van der Waals surface area (Å²) in [4.78, 5) is 17.4. The minimum Gasteiger partial charge on any atom is -0.464 e. The summed E-state index contributed by atoms with van der Waals surface area (Å²) in [5, 5.41) is 0. The van der Waals surface area contributed by atoms with E-state index in [4.69, 9.17) is 9.73 Å². The lowest BCUT2D eigenvalue weighted by Gasteiger charge is -2.22. The molecule has 0 fully saturated rings. The number of carbonyl (C=O) groups excluding carboxylic acids is 1. The Hall–Kier alpha value is -3.46. The Labute approximate surface area is 172 Å². The van der Waals surface area contributed by atoms with Crippen LogP contribution in [-0.2, 0) is 14.9 Å². The van der Waals surface area contributed by atoms with E-state index in [9.17, 15) is 4.79 Å². The van der Waals surface area contributed by atoms with Crippen LogP contribution in [0.2, 0.25) is 0 Å². The minimum absolute atomic E-state index is 0.282. The molecule has 0 saturated carbocycles. The standard InChI is InChI=1S/C26H25NO2/c1-26(2,22-17-11-6-12-18-22)19-23(25(28)29-3)27-24(20-13-7-4-8-14-20)21-15-9-5-10-16-21/h4-19H,1-3H3/b23-19-. The molecule has 3 aromatic rings. The van der Waals surface area contributed by atoms with Crippen molar-refractivity contribution < 1.29 is 9.53 Å². The first kappa shape index (κ1) is 20.3. The van der Waals surface area contributed by atoms with Crippen LogP contribution in [0.5, 0.6) is 0 Å². The topological polar surface area (TPSA) is 38.7 Å². The number of hydrogen-bond acceptors (Lipinski definition) is 3. The zero-order valence-corrected chi connectivity index (χ0v) is 17.0. The molecule has 3 aromatic carbocycles. The number of esters is 1. The third-order valence-corrected chi connectivity index (χ3v) is 4.74. The van der Waals surface area contributed by atoms with Gasteiger partial charge in [-0.1, -0.05) is 105 Å². The molecule has 0 aliphatic rings. The molecule has 0 amide bonds. The van der Waals surface area contributed by atoms with Gasteiger partial charge in [-0.2, -0.15) is 0 Å². The Bertz CT molecular complexity index is 963. The molecule has 0 spiro atoms. The minimum atomic E-state index is -0.460. The molecule has 0 aromatic heterocycles. The molecule has 0 aliphatic heterocycles. The van der Waals surface area contributed by atoms with E-state index in [1.54, 1.807) is 0 Å². The zero-order chi connectivity index (χ0) is 20.7. The third kappa shape index (κ3) is 5.08. The highest BCUT2D eigenvalue weighted by Crippen LogP contribution is 2.27. The van der Waals surface area contributed by atoms with E-state index < -0.39 is 11.4 Å². The Kier molecular flexibility index (Phi) is 6.40. The number of nitrogens with zero attached hydrogens (tertiary/aromatic N) is 1. The van der Waals surface area contributed by atoms with Crippen molar-refractivity contribution in [2.45, 2.75) is 19.3 Å².